The van der Waals surface area contributed by atoms with E-state index in [1.165, 1.54) is 12.1 Å². The van der Waals surface area contributed by atoms with Crippen molar-refractivity contribution in [1.29, 1.82) is 0 Å². The summed E-state index contributed by atoms with van der Waals surface area (Å²) in [6.07, 6.45) is -4.42. The summed E-state index contributed by atoms with van der Waals surface area (Å²) in [7, 11) is 0. The van der Waals surface area contributed by atoms with E-state index in [0.717, 1.165) is 17.1 Å². The van der Waals surface area contributed by atoms with Crippen molar-refractivity contribution >= 4 is 22.7 Å². The lowest BCUT2D eigenvalue weighted by molar-refractivity contribution is -0.136. The molecule has 0 aliphatic carbocycles. The smallest absolute Gasteiger partial charge is 0.325 e. The molecule has 0 fully saturated rings. The number of hydrogen-bond acceptors (Lipinski definition) is 2. The van der Waals surface area contributed by atoms with Crippen LogP contribution in [0.3, 0.4) is 0 Å². The average molecular weight is 333 g/mol. The van der Waals surface area contributed by atoms with Crippen LogP contribution in [0.5, 0.6) is 0 Å². The number of halogens is 3. The van der Waals surface area contributed by atoms with Gasteiger partial charge in [-0.05, 0) is 30.2 Å². The normalized spacial score (nSPS) is 12.1. The molecule has 6 heteroatoms. The molecule has 0 saturated carbocycles. The number of nitrogens with zero attached hydrogens (tertiary/aromatic N) is 2. The minimum Gasteiger partial charge on any atom is -0.325 e. The molecule has 3 aromatic rings. The summed E-state index contributed by atoms with van der Waals surface area (Å²) in [6.45, 7) is 4.78. The largest absolute Gasteiger partial charge is 0.418 e. The maximum absolute atomic E-state index is 13.2. The molecule has 1 heterocycles. The number of imidazole rings is 1. The Morgan fingerprint density at radius 2 is 1.71 bits per heavy atom. The van der Waals surface area contributed by atoms with Gasteiger partial charge in [0.25, 0.3) is 0 Å². The van der Waals surface area contributed by atoms with Crippen molar-refractivity contribution in [3.8, 4) is 0 Å². The van der Waals surface area contributed by atoms with Gasteiger partial charge in [0.15, 0.2) is 0 Å². The number of anilines is 2. The lowest BCUT2D eigenvalue weighted by Crippen LogP contribution is -2.12. The topological polar surface area (TPSA) is 29.9 Å². The summed E-state index contributed by atoms with van der Waals surface area (Å²) in [5.74, 6) is 0.752. The van der Waals surface area contributed by atoms with Gasteiger partial charge in [0.1, 0.15) is 0 Å². The second-order valence-corrected chi connectivity index (χ2v) is 6.10. The maximum atomic E-state index is 13.2. The van der Waals surface area contributed by atoms with Crippen molar-refractivity contribution in [1.82, 2.24) is 9.55 Å². The summed E-state index contributed by atoms with van der Waals surface area (Å²) in [5.41, 5.74) is 0.960. The van der Waals surface area contributed by atoms with Crippen LogP contribution in [0.2, 0.25) is 0 Å². The molecule has 24 heavy (non-hydrogen) atoms. The molecule has 0 amide bonds. The zero-order chi connectivity index (χ0) is 17.3. The molecule has 0 radical (unpaired) electrons. The number of alkyl halides is 3. The predicted octanol–water partition coefficient (Wildman–Crippen LogP) is 5.45. The summed E-state index contributed by atoms with van der Waals surface area (Å²) >= 11 is 0. The van der Waals surface area contributed by atoms with Crippen LogP contribution in [-0.4, -0.2) is 9.55 Å². The van der Waals surface area contributed by atoms with E-state index in [2.05, 4.69) is 24.1 Å². The van der Waals surface area contributed by atoms with Crippen molar-refractivity contribution < 1.29 is 13.2 Å². The molecule has 1 aromatic heterocycles. The van der Waals surface area contributed by atoms with Gasteiger partial charge in [-0.2, -0.15) is 13.2 Å². The first-order chi connectivity index (χ1) is 11.4. The Kier molecular flexibility index (Phi) is 4.22. The molecule has 0 saturated heterocycles. The lowest BCUT2D eigenvalue weighted by atomic mass is 10.1. The number of nitrogens with one attached hydrogen (secondary N) is 1. The molecule has 2 aromatic carbocycles. The van der Waals surface area contributed by atoms with Gasteiger partial charge < -0.3 is 9.88 Å². The highest BCUT2D eigenvalue weighted by molar-refractivity contribution is 5.80. The molecular weight excluding hydrogens is 315 g/mol. The Balaban J connectivity index is 2.08. The fourth-order valence-corrected chi connectivity index (χ4v) is 2.68. The van der Waals surface area contributed by atoms with E-state index < -0.39 is 11.7 Å². The maximum Gasteiger partial charge on any atom is 0.418 e. The van der Waals surface area contributed by atoms with E-state index in [1.807, 2.05) is 28.8 Å². The van der Waals surface area contributed by atoms with E-state index in [0.29, 0.717) is 18.4 Å². The molecule has 1 N–H and O–H groups in total. The molecule has 0 spiro atoms. The molecule has 3 rings (SSSR count). The van der Waals surface area contributed by atoms with Crippen LogP contribution in [0.25, 0.3) is 11.0 Å². The van der Waals surface area contributed by atoms with E-state index in [-0.39, 0.29) is 5.69 Å². The quantitative estimate of drug-likeness (QED) is 0.687. The predicted molar refractivity (Wildman–Crippen MR) is 89.3 cm³/mol. The van der Waals surface area contributed by atoms with Gasteiger partial charge in [-0.25, -0.2) is 4.98 Å². The first kappa shape index (κ1) is 16.4. The van der Waals surface area contributed by atoms with Crippen LogP contribution in [0.1, 0.15) is 19.4 Å². The van der Waals surface area contributed by atoms with E-state index in [1.54, 1.807) is 6.07 Å². The van der Waals surface area contributed by atoms with Crippen molar-refractivity contribution in [2.24, 2.45) is 5.92 Å². The Morgan fingerprint density at radius 1 is 1.04 bits per heavy atom. The van der Waals surface area contributed by atoms with Gasteiger partial charge in [0, 0.05) is 6.54 Å². The van der Waals surface area contributed by atoms with Gasteiger partial charge in [-0.15, -0.1) is 0 Å². The third-order valence-corrected chi connectivity index (χ3v) is 3.68. The molecule has 0 bridgehead atoms. The molecular formula is C18H18F3N3. The van der Waals surface area contributed by atoms with Crippen LogP contribution >= 0.6 is 0 Å². The highest BCUT2D eigenvalue weighted by Crippen LogP contribution is 2.36. The summed E-state index contributed by atoms with van der Waals surface area (Å²) in [5, 5.41) is 2.87. The molecule has 126 valence electrons. The van der Waals surface area contributed by atoms with Gasteiger partial charge in [0.2, 0.25) is 5.95 Å². The third-order valence-electron chi connectivity index (χ3n) is 3.68. The minimum absolute atomic E-state index is 0.00492. The van der Waals surface area contributed by atoms with Crippen molar-refractivity contribution in [3.05, 3.63) is 54.1 Å². The van der Waals surface area contributed by atoms with Gasteiger partial charge in [0.05, 0.1) is 22.3 Å². The zero-order valence-electron chi connectivity index (χ0n) is 13.4. The van der Waals surface area contributed by atoms with Gasteiger partial charge in [-0.1, -0.05) is 38.1 Å². The summed E-state index contributed by atoms with van der Waals surface area (Å²) < 4.78 is 41.5. The van der Waals surface area contributed by atoms with Crippen LogP contribution in [0.4, 0.5) is 24.8 Å². The number of benzene rings is 2. The Bertz CT molecular complexity index is 850. The zero-order valence-corrected chi connectivity index (χ0v) is 13.4. The van der Waals surface area contributed by atoms with Crippen molar-refractivity contribution in [3.63, 3.8) is 0 Å². The molecule has 0 aliphatic heterocycles. The number of aromatic nitrogens is 2. The van der Waals surface area contributed by atoms with E-state index >= 15 is 0 Å². The number of rotatable bonds is 4. The molecule has 0 unspecified atom stereocenters. The fourth-order valence-electron chi connectivity index (χ4n) is 2.68. The van der Waals surface area contributed by atoms with E-state index in [9.17, 15) is 13.2 Å². The van der Waals surface area contributed by atoms with Gasteiger partial charge in [-0.3, -0.25) is 0 Å². The highest BCUT2D eigenvalue weighted by atomic mass is 19.4. The van der Waals surface area contributed by atoms with Crippen LogP contribution in [-0.2, 0) is 12.7 Å². The Morgan fingerprint density at radius 3 is 2.42 bits per heavy atom. The van der Waals surface area contributed by atoms with Crippen LogP contribution in [0.15, 0.2) is 48.5 Å². The first-order valence-corrected chi connectivity index (χ1v) is 7.75. The highest BCUT2D eigenvalue weighted by Gasteiger charge is 2.33. The standard InChI is InChI=1S/C18H18F3N3/c1-12(2)11-24-16-10-6-5-9-15(16)23-17(24)22-14-8-4-3-7-13(14)18(19,20)21/h3-10,12H,11H2,1-2H3,(H,22,23). The van der Waals surface area contributed by atoms with Crippen LogP contribution < -0.4 is 5.32 Å². The second-order valence-electron chi connectivity index (χ2n) is 6.10. The minimum atomic E-state index is -4.42. The van der Waals surface area contributed by atoms with E-state index in [4.69, 9.17) is 0 Å². The Hall–Kier alpha value is -2.50. The number of para-hydroxylation sites is 3. The monoisotopic (exact) mass is 333 g/mol. The second kappa shape index (κ2) is 6.19. The third kappa shape index (κ3) is 3.22. The van der Waals surface area contributed by atoms with Gasteiger partial charge >= 0.3 is 6.18 Å². The average Bonchev–Trinajstić information content (AvgIpc) is 2.84. The first-order valence-electron chi connectivity index (χ1n) is 7.75. The summed E-state index contributed by atoms with van der Waals surface area (Å²) in [4.78, 5) is 4.47. The Labute approximate surface area is 138 Å². The van der Waals surface area contributed by atoms with Crippen molar-refractivity contribution in [2.45, 2.75) is 26.6 Å². The summed E-state index contributed by atoms with van der Waals surface area (Å²) in [6, 6.07) is 13.0. The lowest BCUT2D eigenvalue weighted by Gasteiger charge is -2.16. The van der Waals surface area contributed by atoms with Crippen LogP contribution in [0, 0.1) is 5.92 Å². The number of fused-ring (bicyclic) bond motifs is 1. The molecule has 0 atom stereocenters. The molecule has 3 nitrogen and oxygen atoms in total. The SMILES string of the molecule is CC(C)Cn1c(Nc2ccccc2C(F)(F)F)nc2ccccc21. The number of hydrogen-bond donors (Lipinski definition) is 1. The molecule has 0 aliphatic rings. The van der Waals surface area contributed by atoms with Crippen molar-refractivity contribution in [2.75, 3.05) is 5.32 Å². The fraction of sp³-hybridized carbons (Fsp3) is 0.278.